The first-order valence-corrected chi connectivity index (χ1v) is 8.71. The second-order valence-corrected chi connectivity index (χ2v) is 6.56. The third-order valence-corrected chi connectivity index (χ3v) is 4.47. The van der Waals surface area contributed by atoms with Crippen molar-refractivity contribution >= 4 is 34.8 Å². The monoisotopic (exact) mass is 379 g/mol. The van der Waals surface area contributed by atoms with Gasteiger partial charge in [0.1, 0.15) is 0 Å². The first kappa shape index (κ1) is 18.6. The van der Waals surface area contributed by atoms with E-state index in [4.69, 9.17) is 11.6 Å². The first-order valence-electron chi connectivity index (χ1n) is 8.33. The third-order valence-electron chi connectivity index (χ3n) is 4.22. The van der Waals surface area contributed by atoms with E-state index >= 15 is 0 Å². The van der Waals surface area contributed by atoms with E-state index in [-0.39, 0.29) is 11.8 Å². The number of carbonyl (C=O) groups is 2. The third kappa shape index (κ3) is 4.51. The van der Waals surface area contributed by atoms with Gasteiger partial charge in [0, 0.05) is 28.8 Å². The normalized spacial score (nSPS) is 10.3. The second kappa shape index (κ2) is 8.01. The molecule has 6 heteroatoms. The zero-order chi connectivity index (χ0) is 19.4. The molecule has 2 N–H and O–H groups in total. The van der Waals surface area contributed by atoms with Gasteiger partial charge in [0.2, 0.25) is 0 Å². The molecule has 0 radical (unpaired) electrons. The number of anilines is 2. The summed E-state index contributed by atoms with van der Waals surface area (Å²) in [5, 5.41) is 6.20. The summed E-state index contributed by atoms with van der Waals surface area (Å²) in [6.45, 7) is 3.92. The average Bonchev–Trinajstić information content (AvgIpc) is 2.67. The van der Waals surface area contributed by atoms with Crippen LogP contribution in [0.4, 0.5) is 11.4 Å². The second-order valence-electron chi connectivity index (χ2n) is 6.12. The maximum atomic E-state index is 12.6. The topological polar surface area (TPSA) is 71.1 Å². The molecule has 0 fully saturated rings. The standard InChI is InChI=1S/C21H18ClN3O2/c1-13-4-3-5-19(14(13)2)25-21(27)16-10-15(11-23-12-16)20(26)24-18-8-6-17(22)7-9-18/h3-12H,1-2H3,(H,24,26)(H,25,27). The van der Waals surface area contributed by atoms with Gasteiger partial charge in [0.05, 0.1) is 11.1 Å². The van der Waals surface area contributed by atoms with Gasteiger partial charge in [0.25, 0.3) is 11.8 Å². The molecule has 0 spiro atoms. The molecule has 0 aliphatic rings. The van der Waals surface area contributed by atoms with Crippen LogP contribution in [0.1, 0.15) is 31.8 Å². The number of carbonyl (C=O) groups excluding carboxylic acids is 2. The highest BCUT2D eigenvalue weighted by atomic mass is 35.5. The molecule has 0 aliphatic heterocycles. The molecule has 1 aromatic heterocycles. The molecule has 1 heterocycles. The Morgan fingerprint density at radius 1 is 0.889 bits per heavy atom. The predicted molar refractivity (Wildman–Crippen MR) is 108 cm³/mol. The van der Waals surface area contributed by atoms with Crippen molar-refractivity contribution in [3.8, 4) is 0 Å². The Balaban J connectivity index is 1.76. The lowest BCUT2D eigenvalue weighted by Gasteiger charge is -2.11. The first-order chi connectivity index (χ1) is 12.9. The van der Waals surface area contributed by atoms with Crippen molar-refractivity contribution < 1.29 is 9.59 Å². The van der Waals surface area contributed by atoms with Crippen molar-refractivity contribution in [2.24, 2.45) is 0 Å². The number of pyridine rings is 1. The number of halogens is 1. The molecule has 3 rings (SSSR count). The number of aromatic nitrogens is 1. The van der Waals surface area contributed by atoms with E-state index in [0.717, 1.165) is 16.8 Å². The lowest BCUT2D eigenvalue weighted by atomic mass is 10.1. The Bertz CT molecular complexity index is 1000. The number of hydrogen-bond acceptors (Lipinski definition) is 3. The zero-order valence-corrected chi connectivity index (χ0v) is 15.7. The quantitative estimate of drug-likeness (QED) is 0.680. The SMILES string of the molecule is Cc1cccc(NC(=O)c2cncc(C(=O)Nc3ccc(Cl)cc3)c2)c1C. The maximum absolute atomic E-state index is 12.6. The largest absolute Gasteiger partial charge is 0.322 e. The fourth-order valence-electron chi connectivity index (χ4n) is 2.51. The Morgan fingerprint density at radius 2 is 1.52 bits per heavy atom. The van der Waals surface area contributed by atoms with Crippen LogP contribution in [0.5, 0.6) is 0 Å². The van der Waals surface area contributed by atoms with Crippen molar-refractivity contribution in [1.82, 2.24) is 4.98 Å². The van der Waals surface area contributed by atoms with E-state index in [1.165, 1.54) is 18.5 Å². The summed E-state index contributed by atoms with van der Waals surface area (Å²) in [6, 6.07) is 14.0. The minimum absolute atomic E-state index is 0.290. The highest BCUT2D eigenvalue weighted by Gasteiger charge is 2.13. The van der Waals surface area contributed by atoms with Crippen molar-refractivity contribution in [3.05, 3.63) is 88.2 Å². The van der Waals surface area contributed by atoms with Gasteiger partial charge in [-0.2, -0.15) is 0 Å². The number of nitrogens with one attached hydrogen (secondary N) is 2. The van der Waals surface area contributed by atoms with Crippen molar-refractivity contribution in [2.75, 3.05) is 10.6 Å². The van der Waals surface area contributed by atoms with Crippen LogP contribution in [0, 0.1) is 13.8 Å². The molecular weight excluding hydrogens is 362 g/mol. The maximum Gasteiger partial charge on any atom is 0.257 e. The van der Waals surface area contributed by atoms with E-state index in [1.54, 1.807) is 24.3 Å². The van der Waals surface area contributed by atoms with Crippen LogP contribution in [0.25, 0.3) is 0 Å². The summed E-state index contributed by atoms with van der Waals surface area (Å²) < 4.78 is 0. The number of nitrogens with zero attached hydrogens (tertiary/aromatic N) is 1. The minimum atomic E-state index is -0.355. The lowest BCUT2D eigenvalue weighted by molar-refractivity contribution is 0.102. The van der Waals surface area contributed by atoms with Gasteiger partial charge >= 0.3 is 0 Å². The van der Waals surface area contributed by atoms with Crippen LogP contribution < -0.4 is 10.6 Å². The molecule has 2 aromatic carbocycles. The Labute approximate surface area is 162 Å². The van der Waals surface area contributed by atoms with Gasteiger partial charge in [-0.25, -0.2) is 0 Å². The average molecular weight is 380 g/mol. The molecule has 0 atom stereocenters. The molecule has 5 nitrogen and oxygen atoms in total. The van der Waals surface area contributed by atoms with Crippen molar-refractivity contribution in [1.29, 1.82) is 0 Å². The molecule has 0 saturated carbocycles. The smallest absolute Gasteiger partial charge is 0.257 e. The minimum Gasteiger partial charge on any atom is -0.322 e. The zero-order valence-electron chi connectivity index (χ0n) is 14.9. The van der Waals surface area contributed by atoms with Crippen LogP contribution in [-0.4, -0.2) is 16.8 Å². The van der Waals surface area contributed by atoms with Crippen LogP contribution in [0.15, 0.2) is 60.9 Å². The Kier molecular flexibility index (Phi) is 5.52. The van der Waals surface area contributed by atoms with Crippen LogP contribution >= 0.6 is 11.6 Å². The molecule has 27 heavy (non-hydrogen) atoms. The van der Waals surface area contributed by atoms with E-state index in [0.29, 0.717) is 21.8 Å². The molecule has 136 valence electrons. The number of benzene rings is 2. The highest BCUT2D eigenvalue weighted by molar-refractivity contribution is 6.30. The van der Waals surface area contributed by atoms with Gasteiger partial charge in [-0.15, -0.1) is 0 Å². The van der Waals surface area contributed by atoms with Crippen LogP contribution in [-0.2, 0) is 0 Å². The van der Waals surface area contributed by atoms with Crippen LogP contribution in [0.3, 0.4) is 0 Å². The van der Waals surface area contributed by atoms with Gasteiger partial charge in [-0.1, -0.05) is 23.7 Å². The number of aryl methyl sites for hydroxylation is 1. The number of amides is 2. The highest BCUT2D eigenvalue weighted by Crippen LogP contribution is 2.19. The summed E-state index contributed by atoms with van der Waals surface area (Å²) in [4.78, 5) is 29.0. The van der Waals surface area contributed by atoms with Gasteiger partial charge in [0.15, 0.2) is 0 Å². The molecule has 0 saturated heterocycles. The fourth-order valence-corrected chi connectivity index (χ4v) is 2.63. The summed E-state index contributed by atoms with van der Waals surface area (Å²) in [5.41, 5.74) is 4.02. The fraction of sp³-hybridized carbons (Fsp3) is 0.0952. The lowest BCUT2D eigenvalue weighted by Crippen LogP contribution is -2.16. The van der Waals surface area contributed by atoms with Crippen molar-refractivity contribution in [2.45, 2.75) is 13.8 Å². The molecule has 2 amide bonds. The van der Waals surface area contributed by atoms with E-state index in [1.807, 2.05) is 32.0 Å². The molecule has 0 aliphatic carbocycles. The molecular formula is C21H18ClN3O2. The molecule has 0 bridgehead atoms. The molecule has 0 unspecified atom stereocenters. The number of rotatable bonds is 4. The van der Waals surface area contributed by atoms with Gasteiger partial charge in [-0.05, 0) is 61.4 Å². The van der Waals surface area contributed by atoms with E-state index in [9.17, 15) is 9.59 Å². The van der Waals surface area contributed by atoms with E-state index in [2.05, 4.69) is 15.6 Å². The predicted octanol–water partition coefficient (Wildman–Crippen LogP) is 4.86. The number of hydrogen-bond donors (Lipinski definition) is 2. The van der Waals surface area contributed by atoms with Crippen molar-refractivity contribution in [3.63, 3.8) is 0 Å². The Morgan fingerprint density at radius 3 is 2.19 bits per heavy atom. The summed E-state index contributed by atoms with van der Waals surface area (Å²) in [5.74, 6) is -0.677. The molecule has 3 aromatic rings. The summed E-state index contributed by atoms with van der Waals surface area (Å²) >= 11 is 5.84. The summed E-state index contributed by atoms with van der Waals surface area (Å²) in [6.07, 6.45) is 2.85. The van der Waals surface area contributed by atoms with E-state index < -0.39 is 0 Å². The Hall–Kier alpha value is -3.18. The van der Waals surface area contributed by atoms with Crippen LogP contribution in [0.2, 0.25) is 5.02 Å². The van der Waals surface area contributed by atoms with Gasteiger partial charge in [-0.3, -0.25) is 14.6 Å². The summed E-state index contributed by atoms with van der Waals surface area (Å²) in [7, 11) is 0. The van der Waals surface area contributed by atoms with Gasteiger partial charge < -0.3 is 10.6 Å².